The lowest BCUT2D eigenvalue weighted by molar-refractivity contribution is 0.0867. The second-order valence-corrected chi connectivity index (χ2v) is 7.60. The van der Waals surface area contributed by atoms with E-state index in [0.29, 0.717) is 22.0 Å². The number of nitrogens with one attached hydrogen (secondary N) is 1. The highest BCUT2D eigenvalue weighted by Gasteiger charge is 2.35. The fraction of sp³-hybridized carbons (Fsp3) is 0.130. The predicted molar refractivity (Wildman–Crippen MR) is 118 cm³/mol. The van der Waals surface area contributed by atoms with E-state index in [-0.39, 0.29) is 23.3 Å². The second kappa shape index (κ2) is 7.42. The zero-order valence-electron chi connectivity index (χ0n) is 16.5. The van der Waals surface area contributed by atoms with Gasteiger partial charge in [-0.15, -0.1) is 0 Å². The van der Waals surface area contributed by atoms with Crippen molar-refractivity contribution in [2.75, 3.05) is 10.2 Å². The number of para-hydroxylation sites is 1. The zero-order valence-corrected chi connectivity index (χ0v) is 17.2. The van der Waals surface area contributed by atoms with Crippen LogP contribution in [0.25, 0.3) is 6.08 Å². The van der Waals surface area contributed by atoms with Crippen molar-refractivity contribution in [1.29, 1.82) is 5.26 Å². The van der Waals surface area contributed by atoms with Gasteiger partial charge in [-0.2, -0.15) is 10.2 Å². The quantitative estimate of drug-likeness (QED) is 0.648. The fourth-order valence-corrected chi connectivity index (χ4v) is 4.03. The summed E-state index contributed by atoms with van der Waals surface area (Å²) in [6.07, 6.45) is 5.60. The van der Waals surface area contributed by atoms with Gasteiger partial charge in [0.1, 0.15) is 5.56 Å². The Kier molecular flexibility index (Phi) is 4.57. The zero-order chi connectivity index (χ0) is 21.5. The van der Waals surface area contributed by atoms with E-state index in [9.17, 15) is 10.1 Å². The van der Waals surface area contributed by atoms with Crippen LogP contribution < -0.4 is 15.0 Å². The summed E-state index contributed by atoms with van der Waals surface area (Å²) in [7, 11) is 0. The smallest absolute Gasteiger partial charge is 0.268 e. The second-order valence-electron chi connectivity index (χ2n) is 7.19. The highest BCUT2D eigenvalue weighted by atomic mass is 35.5. The fourth-order valence-electron chi connectivity index (χ4n) is 3.80. The molecule has 1 aliphatic carbocycles. The van der Waals surface area contributed by atoms with Crippen LogP contribution in [-0.2, 0) is 6.42 Å². The van der Waals surface area contributed by atoms with E-state index in [4.69, 9.17) is 16.3 Å². The van der Waals surface area contributed by atoms with Crippen LogP contribution in [0.4, 0.5) is 17.3 Å². The molecule has 8 heteroatoms. The van der Waals surface area contributed by atoms with Gasteiger partial charge in [0, 0.05) is 11.9 Å². The predicted octanol–water partition coefficient (Wildman–Crippen LogP) is 4.70. The summed E-state index contributed by atoms with van der Waals surface area (Å²) in [5, 5.41) is 13.0. The number of allylic oxidation sites excluding steroid dienone is 1. The maximum atomic E-state index is 13.1. The lowest BCUT2D eigenvalue weighted by Crippen LogP contribution is -2.46. The van der Waals surface area contributed by atoms with E-state index >= 15 is 0 Å². The van der Waals surface area contributed by atoms with Crippen LogP contribution in [-0.4, -0.2) is 22.1 Å². The van der Waals surface area contributed by atoms with Crippen molar-refractivity contribution in [3.8, 4) is 11.9 Å². The number of halogens is 1. The number of nitriles is 1. The van der Waals surface area contributed by atoms with Gasteiger partial charge in [0.25, 0.3) is 5.91 Å². The maximum Gasteiger partial charge on any atom is 0.268 e. The molecule has 5 rings (SSSR count). The first kappa shape index (κ1) is 19.1. The van der Waals surface area contributed by atoms with E-state index < -0.39 is 6.23 Å². The van der Waals surface area contributed by atoms with Crippen LogP contribution in [0.5, 0.6) is 5.88 Å². The van der Waals surface area contributed by atoms with Gasteiger partial charge < -0.3 is 10.1 Å². The lowest BCUT2D eigenvalue weighted by atomic mass is 10.0. The first-order chi connectivity index (χ1) is 15.0. The first-order valence-electron chi connectivity index (χ1n) is 9.67. The van der Waals surface area contributed by atoms with Crippen molar-refractivity contribution >= 4 is 40.9 Å². The Balaban J connectivity index is 1.46. The van der Waals surface area contributed by atoms with Gasteiger partial charge >= 0.3 is 0 Å². The number of ether oxygens (including phenoxy) is 1. The van der Waals surface area contributed by atoms with E-state index in [0.717, 1.165) is 17.5 Å². The number of hydrogen-bond donors (Lipinski definition) is 1. The van der Waals surface area contributed by atoms with Gasteiger partial charge in [-0.3, -0.25) is 9.69 Å². The Bertz CT molecular complexity index is 1300. The third-order valence-electron chi connectivity index (χ3n) is 5.24. The summed E-state index contributed by atoms with van der Waals surface area (Å²) in [5.74, 6) is 0.179. The van der Waals surface area contributed by atoms with Crippen molar-refractivity contribution < 1.29 is 9.53 Å². The van der Waals surface area contributed by atoms with Crippen molar-refractivity contribution in [2.24, 2.45) is 0 Å². The van der Waals surface area contributed by atoms with Crippen LogP contribution in [0.3, 0.4) is 0 Å². The van der Waals surface area contributed by atoms with E-state index in [1.807, 2.05) is 24.3 Å². The minimum Gasteiger partial charge on any atom is -0.453 e. The molecule has 3 aromatic rings. The third-order valence-corrected chi connectivity index (χ3v) is 5.56. The van der Waals surface area contributed by atoms with Crippen molar-refractivity contribution in [2.45, 2.75) is 19.6 Å². The summed E-state index contributed by atoms with van der Waals surface area (Å²) in [6.45, 7) is 1.76. The molecule has 7 nitrogen and oxygen atoms in total. The molecule has 1 unspecified atom stereocenters. The van der Waals surface area contributed by atoms with Crippen LogP contribution in [0.2, 0.25) is 5.02 Å². The standard InChI is InChI=1S/C23H16ClN5O2/c1-13-29(20-8-3-2-7-19(20)24)22(30)18-12-26-23(28-21(18)31-13)27-16-9-14-5-4-6-17(14)15(10-16)11-25/h2-5,7-10,12-13H,6H2,1H3,(H,26,27,28). The summed E-state index contributed by atoms with van der Waals surface area (Å²) in [5.41, 5.74) is 4.12. The van der Waals surface area contributed by atoms with Crippen LogP contribution in [0.15, 0.2) is 48.7 Å². The monoisotopic (exact) mass is 429 g/mol. The molecule has 0 spiro atoms. The van der Waals surface area contributed by atoms with Gasteiger partial charge in [0.15, 0.2) is 6.23 Å². The number of aromatic nitrogens is 2. The number of carbonyl (C=O) groups is 1. The molecule has 1 atom stereocenters. The average molecular weight is 430 g/mol. The Morgan fingerprint density at radius 2 is 2.16 bits per heavy atom. The third kappa shape index (κ3) is 3.27. The molecule has 152 valence electrons. The molecular formula is C23H16ClN5O2. The molecule has 0 fully saturated rings. The van der Waals surface area contributed by atoms with Gasteiger partial charge in [-0.25, -0.2) is 4.98 Å². The minimum absolute atomic E-state index is 0.194. The number of rotatable bonds is 3. The van der Waals surface area contributed by atoms with Crippen molar-refractivity contribution in [3.05, 3.63) is 75.9 Å². The summed E-state index contributed by atoms with van der Waals surface area (Å²) < 4.78 is 5.91. The molecule has 2 aliphatic rings. The summed E-state index contributed by atoms with van der Waals surface area (Å²) in [6, 6.07) is 13.0. The van der Waals surface area contributed by atoms with Gasteiger partial charge in [0.2, 0.25) is 11.8 Å². The largest absolute Gasteiger partial charge is 0.453 e. The molecule has 1 aliphatic heterocycles. The molecule has 31 heavy (non-hydrogen) atoms. The minimum atomic E-state index is -0.599. The Morgan fingerprint density at radius 1 is 1.32 bits per heavy atom. The Hall–Kier alpha value is -3.89. The number of hydrogen-bond acceptors (Lipinski definition) is 6. The Labute approximate surface area is 183 Å². The first-order valence-corrected chi connectivity index (χ1v) is 10.1. The summed E-state index contributed by atoms with van der Waals surface area (Å²) in [4.78, 5) is 23.2. The lowest BCUT2D eigenvalue weighted by Gasteiger charge is -2.34. The van der Waals surface area contributed by atoms with Crippen molar-refractivity contribution in [3.63, 3.8) is 0 Å². The number of anilines is 3. The van der Waals surface area contributed by atoms with Crippen LogP contribution in [0.1, 0.15) is 34.0 Å². The number of fused-ring (bicyclic) bond motifs is 2. The normalized spacial score (nSPS) is 16.4. The van der Waals surface area contributed by atoms with Gasteiger partial charge in [-0.05, 0) is 48.7 Å². The highest BCUT2D eigenvalue weighted by molar-refractivity contribution is 6.34. The molecule has 0 radical (unpaired) electrons. The number of amides is 1. The average Bonchev–Trinajstić information content (AvgIpc) is 3.23. The number of nitrogens with zero attached hydrogens (tertiary/aromatic N) is 4. The highest BCUT2D eigenvalue weighted by Crippen LogP contribution is 2.35. The van der Waals surface area contributed by atoms with Gasteiger partial charge in [0.05, 0.1) is 22.3 Å². The van der Waals surface area contributed by atoms with Crippen LogP contribution in [0, 0.1) is 11.3 Å². The van der Waals surface area contributed by atoms with Gasteiger partial charge in [-0.1, -0.05) is 35.9 Å². The van der Waals surface area contributed by atoms with E-state index in [2.05, 4.69) is 21.4 Å². The Morgan fingerprint density at radius 3 is 2.97 bits per heavy atom. The molecule has 1 aromatic heterocycles. The SMILES string of the molecule is CC1Oc2nc(Nc3cc(C#N)c4c(c3)C=CC4)ncc2C(=O)N1c1ccccc1Cl. The van der Waals surface area contributed by atoms with E-state index in [1.165, 1.54) is 11.1 Å². The molecule has 0 bridgehead atoms. The number of benzene rings is 2. The maximum absolute atomic E-state index is 13.1. The molecule has 0 saturated heterocycles. The molecule has 1 N–H and O–H groups in total. The molecule has 2 aromatic carbocycles. The summed E-state index contributed by atoms with van der Waals surface area (Å²) >= 11 is 6.28. The van der Waals surface area contributed by atoms with E-state index in [1.54, 1.807) is 31.2 Å². The number of carbonyl (C=O) groups excluding carboxylic acids is 1. The molecular weight excluding hydrogens is 414 g/mol. The van der Waals surface area contributed by atoms with Crippen molar-refractivity contribution in [1.82, 2.24) is 9.97 Å². The molecule has 0 saturated carbocycles. The molecule has 2 heterocycles. The topological polar surface area (TPSA) is 91.1 Å². The van der Waals surface area contributed by atoms with Crippen LogP contribution >= 0.6 is 11.6 Å². The molecule has 1 amide bonds.